The van der Waals surface area contributed by atoms with Gasteiger partial charge in [0.25, 0.3) is 15.9 Å². The van der Waals surface area contributed by atoms with Gasteiger partial charge in [0.05, 0.1) is 36.4 Å². The molecule has 0 fully saturated rings. The van der Waals surface area contributed by atoms with Crippen LogP contribution in [0.25, 0.3) is 11.3 Å². The molecule has 10 nitrogen and oxygen atoms in total. The highest BCUT2D eigenvalue weighted by Gasteiger charge is 2.19. The third-order valence-electron chi connectivity index (χ3n) is 5.62. The lowest BCUT2D eigenvalue weighted by atomic mass is 10.1. The van der Waals surface area contributed by atoms with E-state index < -0.39 is 21.8 Å². The summed E-state index contributed by atoms with van der Waals surface area (Å²) in [7, 11) is -4.10. The molecule has 11 heteroatoms. The Balaban J connectivity index is 1.34. The summed E-state index contributed by atoms with van der Waals surface area (Å²) in [5.74, 6) is -1.34. The van der Waals surface area contributed by atoms with E-state index >= 15 is 0 Å². The smallest absolute Gasteiger partial charge is 0.278 e. The quantitative estimate of drug-likeness (QED) is 0.255. The number of nitrogens with two attached hydrogens (primary N) is 1. The molecule has 0 atom stereocenters. The first-order chi connectivity index (χ1) is 18.7. The highest BCUT2D eigenvalue weighted by molar-refractivity contribution is 7.90. The van der Waals surface area contributed by atoms with Crippen molar-refractivity contribution in [1.29, 1.82) is 0 Å². The molecule has 4 aromatic rings. The number of sulfonamides is 1. The van der Waals surface area contributed by atoms with Gasteiger partial charge in [-0.2, -0.15) is 0 Å². The predicted molar refractivity (Wildman–Crippen MR) is 147 cm³/mol. The number of nitrogens with one attached hydrogen (secondary N) is 2. The van der Waals surface area contributed by atoms with Crippen LogP contribution in [0.5, 0.6) is 0 Å². The number of carbonyl (C=O) groups is 2. The first-order valence-electron chi connectivity index (χ1n) is 12.0. The molecule has 0 saturated heterocycles. The van der Waals surface area contributed by atoms with Crippen LogP contribution in [-0.2, 0) is 26.2 Å². The minimum Gasteiger partial charge on any atom is -0.382 e. The summed E-state index contributed by atoms with van der Waals surface area (Å²) in [6.45, 7) is 2.35. The number of aromatic nitrogens is 2. The Morgan fingerprint density at radius 1 is 0.949 bits per heavy atom. The molecule has 0 spiro atoms. The second-order valence-electron chi connectivity index (χ2n) is 8.65. The van der Waals surface area contributed by atoms with Crippen molar-refractivity contribution in [2.24, 2.45) is 0 Å². The first kappa shape index (κ1) is 27.4. The van der Waals surface area contributed by atoms with E-state index in [1.54, 1.807) is 0 Å². The minimum absolute atomic E-state index is 0.0435. The normalized spacial score (nSPS) is 11.1. The third kappa shape index (κ3) is 7.46. The van der Waals surface area contributed by atoms with E-state index in [2.05, 4.69) is 15.3 Å². The molecule has 4 N–H and O–H groups in total. The maximum Gasteiger partial charge on any atom is 0.278 e. The monoisotopic (exact) mass is 545 g/mol. The molecule has 0 radical (unpaired) electrons. The molecule has 1 heterocycles. The fourth-order valence-corrected chi connectivity index (χ4v) is 4.54. The number of hydrogen-bond acceptors (Lipinski definition) is 8. The number of rotatable bonds is 10. The van der Waals surface area contributed by atoms with Crippen molar-refractivity contribution in [1.82, 2.24) is 14.7 Å². The van der Waals surface area contributed by atoms with Crippen LogP contribution in [0.2, 0.25) is 0 Å². The number of aryl methyl sites for hydroxylation is 1. The average molecular weight is 546 g/mol. The Hall–Kier alpha value is -4.61. The van der Waals surface area contributed by atoms with Crippen LogP contribution < -0.4 is 15.8 Å². The maximum atomic E-state index is 12.8. The predicted octanol–water partition coefficient (Wildman–Crippen LogP) is 3.70. The van der Waals surface area contributed by atoms with Crippen LogP contribution in [0.15, 0.2) is 90.0 Å². The molecule has 3 aromatic carbocycles. The number of anilines is 2. The van der Waals surface area contributed by atoms with Crippen LogP contribution in [0, 0.1) is 6.92 Å². The lowest BCUT2D eigenvalue weighted by molar-refractivity contribution is -0.120. The Kier molecular flexibility index (Phi) is 8.64. The molecule has 39 heavy (non-hydrogen) atoms. The molecule has 2 amide bonds. The number of hydrogen-bond donors (Lipinski definition) is 3. The summed E-state index contributed by atoms with van der Waals surface area (Å²) in [5.41, 5.74) is 9.42. The van der Waals surface area contributed by atoms with Gasteiger partial charge >= 0.3 is 0 Å². The van der Waals surface area contributed by atoms with E-state index in [0.717, 1.165) is 16.7 Å². The van der Waals surface area contributed by atoms with Crippen molar-refractivity contribution < 1.29 is 22.7 Å². The molecule has 0 aliphatic rings. The lowest BCUT2D eigenvalue weighted by Gasteiger charge is -2.10. The van der Waals surface area contributed by atoms with E-state index in [0.29, 0.717) is 18.0 Å². The fraction of sp³-hybridized carbons (Fsp3) is 0.143. The molecule has 0 aliphatic carbocycles. The van der Waals surface area contributed by atoms with Crippen LogP contribution >= 0.6 is 0 Å². The fourth-order valence-electron chi connectivity index (χ4n) is 3.53. The van der Waals surface area contributed by atoms with Crippen molar-refractivity contribution >= 4 is 33.3 Å². The summed E-state index contributed by atoms with van der Waals surface area (Å²) in [6.07, 6.45) is 1.37. The number of ether oxygens (including phenoxy) is 1. The van der Waals surface area contributed by atoms with Gasteiger partial charge in [-0.25, -0.2) is 23.1 Å². The number of benzene rings is 3. The summed E-state index contributed by atoms with van der Waals surface area (Å²) < 4.78 is 32.6. The van der Waals surface area contributed by atoms with E-state index in [9.17, 15) is 18.0 Å². The Morgan fingerprint density at radius 2 is 1.64 bits per heavy atom. The van der Waals surface area contributed by atoms with E-state index in [1.807, 2.05) is 66.2 Å². The molecule has 4 rings (SSSR count). The van der Waals surface area contributed by atoms with E-state index in [4.69, 9.17) is 10.5 Å². The molecule has 0 unspecified atom stereocenters. The highest BCUT2D eigenvalue weighted by Crippen LogP contribution is 2.20. The molecular formula is C28H27N5O5S. The Labute approximate surface area is 226 Å². The van der Waals surface area contributed by atoms with Gasteiger partial charge in [0.2, 0.25) is 5.91 Å². The highest BCUT2D eigenvalue weighted by atomic mass is 32.2. The number of nitrogen functional groups attached to an aromatic ring is 1. The molecule has 0 saturated carbocycles. The van der Waals surface area contributed by atoms with Crippen molar-refractivity contribution in [2.45, 2.75) is 24.8 Å². The van der Waals surface area contributed by atoms with Crippen molar-refractivity contribution in [2.75, 3.05) is 17.7 Å². The standard InChI is InChI=1S/C28H27N5O5S/c1-19-7-9-21(10-8-19)24-17-30-27(29)26(32-24)28(35)31-22-11-13-23(14-12-22)39(36,37)33-25(34)15-16-38-18-20-5-3-2-4-6-20/h2-14,17H,15-16,18H2,1H3,(H2,29,30)(H,31,35)(H,33,34). The van der Waals surface area contributed by atoms with Crippen LogP contribution in [0.3, 0.4) is 0 Å². The Bertz CT molecular complexity index is 1560. The second-order valence-corrected chi connectivity index (χ2v) is 10.3. The van der Waals surface area contributed by atoms with Gasteiger partial charge in [-0.1, -0.05) is 60.2 Å². The van der Waals surface area contributed by atoms with Gasteiger partial charge in [0, 0.05) is 11.3 Å². The van der Waals surface area contributed by atoms with Crippen LogP contribution in [0.1, 0.15) is 28.0 Å². The van der Waals surface area contributed by atoms with Gasteiger partial charge in [0.1, 0.15) is 0 Å². The van der Waals surface area contributed by atoms with Gasteiger partial charge in [-0.15, -0.1) is 0 Å². The summed E-state index contributed by atoms with van der Waals surface area (Å²) in [4.78, 5) is 33.3. The number of amides is 2. The van der Waals surface area contributed by atoms with Gasteiger partial charge < -0.3 is 15.8 Å². The van der Waals surface area contributed by atoms with E-state index in [-0.39, 0.29) is 29.4 Å². The van der Waals surface area contributed by atoms with Gasteiger partial charge in [0.15, 0.2) is 11.5 Å². The van der Waals surface area contributed by atoms with Crippen molar-refractivity contribution in [3.8, 4) is 11.3 Å². The zero-order valence-corrected chi connectivity index (χ0v) is 21.9. The van der Waals surface area contributed by atoms with Crippen molar-refractivity contribution in [3.63, 3.8) is 0 Å². The van der Waals surface area contributed by atoms with E-state index in [1.165, 1.54) is 30.5 Å². The first-order valence-corrected chi connectivity index (χ1v) is 13.5. The molecule has 0 bridgehead atoms. The minimum atomic E-state index is -4.10. The third-order valence-corrected chi connectivity index (χ3v) is 7.01. The molecule has 200 valence electrons. The average Bonchev–Trinajstić information content (AvgIpc) is 2.92. The largest absolute Gasteiger partial charge is 0.382 e. The van der Waals surface area contributed by atoms with Crippen LogP contribution in [-0.4, -0.2) is 36.8 Å². The SMILES string of the molecule is Cc1ccc(-c2cnc(N)c(C(=O)Nc3ccc(S(=O)(=O)NC(=O)CCOCc4ccccc4)cc3)n2)cc1. The molecular weight excluding hydrogens is 518 g/mol. The van der Waals surface area contributed by atoms with Crippen LogP contribution in [0.4, 0.5) is 11.5 Å². The summed E-state index contributed by atoms with van der Waals surface area (Å²) in [5, 5.41) is 2.63. The maximum absolute atomic E-state index is 12.8. The molecule has 1 aromatic heterocycles. The summed E-state index contributed by atoms with van der Waals surface area (Å²) >= 11 is 0. The topological polar surface area (TPSA) is 153 Å². The summed E-state index contributed by atoms with van der Waals surface area (Å²) in [6, 6.07) is 22.3. The Morgan fingerprint density at radius 3 is 2.33 bits per heavy atom. The number of nitrogens with zero attached hydrogens (tertiary/aromatic N) is 2. The van der Waals surface area contributed by atoms with Crippen molar-refractivity contribution in [3.05, 3.63) is 102 Å². The zero-order chi connectivity index (χ0) is 27.8. The zero-order valence-electron chi connectivity index (χ0n) is 21.1. The lowest BCUT2D eigenvalue weighted by Crippen LogP contribution is -2.31. The van der Waals surface area contributed by atoms with Gasteiger partial charge in [-0.3, -0.25) is 9.59 Å². The van der Waals surface area contributed by atoms with Gasteiger partial charge in [-0.05, 0) is 36.8 Å². The molecule has 0 aliphatic heterocycles. The number of carbonyl (C=O) groups excluding carboxylic acids is 2. The second kappa shape index (κ2) is 12.3.